The van der Waals surface area contributed by atoms with Crippen molar-refractivity contribution in [3.8, 4) is 10.6 Å². The lowest BCUT2D eigenvalue weighted by Gasteiger charge is -2.21. The van der Waals surface area contributed by atoms with Gasteiger partial charge in [-0.1, -0.05) is 12.1 Å². The van der Waals surface area contributed by atoms with E-state index in [1.54, 1.807) is 40.0 Å². The molecule has 9 nitrogen and oxygen atoms in total. The van der Waals surface area contributed by atoms with Crippen molar-refractivity contribution in [3.05, 3.63) is 69.8 Å². The lowest BCUT2D eigenvalue weighted by molar-refractivity contribution is -0.117. The van der Waals surface area contributed by atoms with Gasteiger partial charge < -0.3 is 15.3 Å². The summed E-state index contributed by atoms with van der Waals surface area (Å²) < 4.78 is 0. The third-order valence-corrected chi connectivity index (χ3v) is 7.20. The Labute approximate surface area is 217 Å². The summed E-state index contributed by atoms with van der Waals surface area (Å²) in [5.41, 5.74) is 4.92. The minimum absolute atomic E-state index is 0.0434. The molecule has 4 aromatic rings. The van der Waals surface area contributed by atoms with E-state index in [-0.39, 0.29) is 6.61 Å². The SMILES string of the molecule is Cc1ccc(Nc2nc(-c3sc(C)nc3C)cs2)nc1.O=CN1CC=C(c2ncc(CO)cn2)CC1. The largest absolute Gasteiger partial charge is 0.392 e. The maximum atomic E-state index is 10.5. The topological polar surface area (TPSA) is 117 Å². The van der Waals surface area contributed by atoms with E-state index in [1.165, 1.54) is 0 Å². The van der Waals surface area contributed by atoms with Crippen molar-refractivity contribution in [1.82, 2.24) is 29.8 Å². The fourth-order valence-corrected chi connectivity index (χ4v) is 5.11. The monoisotopic (exact) mass is 521 g/mol. The number of aliphatic hydroxyl groups excluding tert-OH is 1. The molecule has 0 saturated heterocycles. The number of thiazole rings is 2. The highest BCUT2D eigenvalue weighted by Crippen LogP contribution is 2.32. The van der Waals surface area contributed by atoms with Crippen molar-refractivity contribution < 1.29 is 9.90 Å². The van der Waals surface area contributed by atoms with Crippen molar-refractivity contribution in [2.45, 2.75) is 33.8 Å². The van der Waals surface area contributed by atoms with E-state index in [9.17, 15) is 4.79 Å². The molecule has 2 N–H and O–H groups in total. The number of aliphatic hydroxyl groups is 1. The van der Waals surface area contributed by atoms with Crippen LogP contribution in [-0.2, 0) is 11.4 Å². The normalized spacial score (nSPS) is 13.0. The van der Waals surface area contributed by atoms with Crippen molar-refractivity contribution >= 4 is 45.6 Å². The number of pyridine rings is 1. The van der Waals surface area contributed by atoms with E-state index in [2.05, 4.69) is 35.6 Å². The van der Waals surface area contributed by atoms with E-state index in [1.807, 2.05) is 45.2 Å². The highest BCUT2D eigenvalue weighted by molar-refractivity contribution is 7.16. The highest BCUT2D eigenvalue weighted by Gasteiger charge is 2.13. The Bertz CT molecular complexity index is 1330. The molecule has 11 heteroatoms. The standard InChI is InChI=1S/C14H14N4S2.C11H13N3O2/c1-8-4-5-12(15-6-8)18-14-17-11(7-19-14)13-9(2)16-10(3)20-13;15-7-9-5-12-11(13-6-9)10-1-3-14(8-16)4-2-10/h4-7H,1-3H3,(H,15,17,18);1,5-6,8,15H,2-4,7H2. The van der Waals surface area contributed by atoms with Gasteiger partial charge >= 0.3 is 0 Å². The average Bonchev–Trinajstić information content (AvgIpc) is 3.51. The number of anilines is 2. The van der Waals surface area contributed by atoms with Crippen molar-refractivity contribution in [2.75, 3.05) is 18.4 Å². The van der Waals surface area contributed by atoms with Gasteiger partial charge in [0.25, 0.3) is 0 Å². The number of hydrogen-bond acceptors (Lipinski definition) is 10. The van der Waals surface area contributed by atoms with Crippen LogP contribution in [0, 0.1) is 20.8 Å². The van der Waals surface area contributed by atoms with Gasteiger partial charge in [-0.05, 0) is 44.4 Å². The number of amides is 1. The summed E-state index contributed by atoms with van der Waals surface area (Å²) in [6, 6.07) is 3.99. The molecule has 1 aliphatic rings. The molecule has 0 radical (unpaired) electrons. The molecule has 0 aromatic carbocycles. The molecule has 0 spiro atoms. The van der Waals surface area contributed by atoms with Crippen LogP contribution in [0.15, 0.2) is 42.2 Å². The molecule has 1 amide bonds. The van der Waals surface area contributed by atoms with Crippen molar-refractivity contribution in [1.29, 1.82) is 0 Å². The average molecular weight is 522 g/mol. The summed E-state index contributed by atoms with van der Waals surface area (Å²) in [7, 11) is 0. The summed E-state index contributed by atoms with van der Waals surface area (Å²) in [5.74, 6) is 1.50. The summed E-state index contributed by atoms with van der Waals surface area (Å²) in [6.45, 7) is 7.34. The Morgan fingerprint density at radius 3 is 2.50 bits per heavy atom. The number of nitrogens with zero attached hydrogens (tertiary/aromatic N) is 6. The lowest BCUT2D eigenvalue weighted by Crippen LogP contribution is -2.27. The predicted octanol–water partition coefficient (Wildman–Crippen LogP) is 4.54. The number of rotatable bonds is 6. The van der Waals surface area contributed by atoms with Crippen LogP contribution in [0.4, 0.5) is 10.9 Å². The summed E-state index contributed by atoms with van der Waals surface area (Å²) in [4.78, 5) is 35.1. The first-order valence-electron chi connectivity index (χ1n) is 11.3. The van der Waals surface area contributed by atoms with Crippen LogP contribution in [0.1, 0.15) is 34.1 Å². The van der Waals surface area contributed by atoms with Crippen LogP contribution >= 0.6 is 22.7 Å². The number of carbonyl (C=O) groups is 1. The fourth-order valence-electron chi connectivity index (χ4n) is 3.44. The van der Waals surface area contributed by atoms with Crippen LogP contribution in [0.25, 0.3) is 16.1 Å². The van der Waals surface area contributed by atoms with Crippen LogP contribution in [0.3, 0.4) is 0 Å². The smallest absolute Gasteiger partial charge is 0.209 e. The number of aromatic nitrogens is 5. The van der Waals surface area contributed by atoms with Gasteiger partial charge in [-0.25, -0.2) is 24.9 Å². The zero-order valence-electron chi connectivity index (χ0n) is 20.3. The summed E-state index contributed by atoms with van der Waals surface area (Å²) in [5, 5.41) is 16.1. The van der Waals surface area contributed by atoms with Gasteiger partial charge in [-0.3, -0.25) is 4.79 Å². The van der Waals surface area contributed by atoms with Gasteiger partial charge in [-0.2, -0.15) is 0 Å². The zero-order valence-corrected chi connectivity index (χ0v) is 21.9. The van der Waals surface area contributed by atoms with Gasteiger partial charge in [0.2, 0.25) is 6.41 Å². The maximum absolute atomic E-state index is 10.5. The molecule has 0 fully saturated rings. The Morgan fingerprint density at radius 1 is 1.11 bits per heavy atom. The maximum Gasteiger partial charge on any atom is 0.209 e. The van der Waals surface area contributed by atoms with Crippen LogP contribution in [0.5, 0.6) is 0 Å². The number of carbonyl (C=O) groups excluding carboxylic acids is 1. The first kappa shape index (κ1) is 25.5. The molecule has 4 aromatic heterocycles. The van der Waals surface area contributed by atoms with E-state index >= 15 is 0 Å². The Hall–Kier alpha value is -3.54. The predicted molar refractivity (Wildman–Crippen MR) is 143 cm³/mol. The molecular weight excluding hydrogens is 494 g/mol. The molecular formula is C25H27N7O2S2. The first-order valence-corrected chi connectivity index (χ1v) is 13.0. The highest BCUT2D eigenvalue weighted by atomic mass is 32.1. The minimum Gasteiger partial charge on any atom is -0.392 e. The zero-order chi connectivity index (χ0) is 25.5. The van der Waals surface area contributed by atoms with E-state index in [0.29, 0.717) is 24.5 Å². The van der Waals surface area contributed by atoms with Gasteiger partial charge in [0, 0.05) is 42.6 Å². The summed E-state index contributed by atoms with van der Waals surface area (Å²) in [6.07, 6.45) is 8.67. The molecule has 0 bridgehead atoms. The van der Waals surface area contributed by atoms with E-state index < -0.39 is 0 Å². The number of nitrogens with one attached hydrogen (secondary N) is 1. The van der Waals surface area contributed by atoms with Crippen molar-refractivity contribution in [3.63, 3.8) is 0 Å². The molecule has 5 heterocycles. The quantitative estimate of drug-likeness (QED) is 0.355. The number of aryl methyl sites for hydroxylation is 3. The van der Waals surface area contributed by atoms with Gasteiger partial charge in [0.15, 0.2) is 11.0 Å². The van der Waals surface area contributed by atoms with Crippen LogP contribution < -0.4 is 5.32 Å². The molecule has 1 aliphatic heterocycles. The Kier molecular flexibility index (Phi) is 8.47. The van der Waals surface area contributed by atoms with Gasteiger partial charge in [0.05, 0.1) is 27.9 Å². The third kappa shape index (κ3) is 6.56. The second-order valence-corrected chi connectivity index (χ2v) is 10.2. The molecule has 0 unspecified atom stereocenters. The molecule has 0 aliphatic carbocycles. The molecule has 36 heavy (non-hydrogen) atoms. The first-order chi connectivity index (χ1) is 17.4. The third-order valence-electron chi connectivity index (χ3n) is 5.35. The molecule has 186 valence electrons. The minimum atomic E-state index is -0.0434. The second kappa shape index (κ2) is 11.9. The Balaban J connectivity index is 0.000000174. The molecule has 5 rings (SSSR count). The Morgan fingerprint density at radius 2 is 1.92 bits per heavy atom. The molecule has 0 atom stereocenters. The van der Waals surface area contributed by atoms with E-state index in [0.717, 1.165) is 56.2 Å². The second-order valence-electron chi connectivity index (χ2n) is 8.18. The van der Waals surface area contributed by atoms with E-state index in [4.69, 9.17) is 5.11 Å². The summed E-state index contributed by atoms with van der Waals surface area (Å²) >= 11 is 3.26. The van der Waals surface area contributed by atoms with Gasteiger partial charge in [-0.15, -0.1) is 22.7 Å². The van der Waals surface area contributed by atoms with Crippen LogP contribution in [0.2, 0.25) is 0 Å². The fraction of sp³-hybridized carbons (Fsp3) is 0.280. The van der Waals surface area contributed by atoms with Crippen LogP contribution in [-0.4, -0.2) is 54.4 Å². The van der Waals surface area contributed by atoms with Crippen molar-refractivity contribution in [2.24, 2.45) is 0 Å². The van der Waals surface area contributed by atoms with Gasteiger partial charge in [0.1, 0.15) is 5.82 Å². The lowest BCUT2D eigenvalue weighted by atomic mass is 10.1. The number of hydrogen-bond donors (Lipinski definition) is 2. The molecule has 0 saturated carbocycles.